The summed E-state index contributed by atoms with van der Waals surface area (Å²) < 4.78 is 0. The highest BCUT2D eigenvalue weighted by Gasteiger charge is 2.35. The van der Waals surface area contributed by atoms with Crippen LogP contribution in [0.4, 0.5) is 0 Å². The van der Waals surface area contributed by atoms with E-state index in [1.807, 2.05) is 0 Å². The number of hydrogen-bond acceptors (Lipinski definition) is 3. The van der Waals surface area contributed by atoms with Crippen LogP contribution in [0, 0.1) is 23.7 Å². The predicted molar refractivity (Wildman–Crippen MR) is 74.6 cm³/mol. The first-order valence-electron chi connectivity index (χ1n) is 8.02. The Morgan fingerprint density at radius 1 is 0.950 bits per heavy atom. The first kappa shape index (κ1) is 15.3. The summed E-state index contributed by atoms with van der Waals surface area (Å²) in [4.78, 5) is 23.6. The van der Waals surface area contributed by atoms with Gasteiger partial charge in [0.1, 0.15) is 0 Å². The number of carbonyl (C=O) groups excluding carboxylic acids is 2. The largest absolute Gasteiger partial charge is 0.550 e. The summed E-state index contributed by atoms with van der Waals surface area (Å²) in [6.07, 6.45) is 6.47. The molecule has 2 aliphatic rings. The minimum absolute atomic E-state index is 0.0650. The van der Waals surface area contributed by atoms with Gasteiger partial charge in [-0.25, -0.2) is 0 Å². The second kappa shape index (κ2) is 6.59. The van der Waals surface area contributed by atoms with Gasteiger partial charge in [-0.1, -0.05) is 39.5 Å². The maximum Gasteiger partial charge on any atom is 0.223 e. The Hall–Kier alpha value is -1.06. The molecule has 0 aromatic rings. The van der Waals surface area contributed by atoms with Gasteiger partial charge in [-0.2, -0.15) is 0 Å². The van der Waals surface area contributed by atoms with E-state index in [1.165, 1.54) is 6.42 Å². The molecule has 20 heavy (non-hydrogen) atoms. The highest BCUT2D eigenvalue weighted by atomic mass is 16.4. The first-order chi connectivity index (χ1) is 9.50. The van der Waals surface area contributed by atoms with Crippen LogP contribution in [-0.4, -0.2) is 17.9 Å². The SMILES string of the molecule is C[C@@H]1[C@H](C)CCC[C@H]1NC(=O)[C@@H]1CCCC[C@@H]1C(=O)[O-]. The second-order valence-corrected chi connectivity index (χ2v) is 6.70. The van der Waals surface area contributed by atoms with Crippen LogP contribution in [-0.2, 0) is 9.59 Å². The Morgan fingerprint density at radius 2 is 1.60 bits per heavy atom. The van der Waals surface area contributed by atoms with Gasteiger partial charge in [-0.3, -0.25) is 4.79 Å². The summed E-state index contributed by atoms with van der Waals surface area (Å²) in [6.45, 7) is 4.42. The fourth-order valence-electron chi connectivity index (χ4n) is 3.80. The summed E-state index contributed by atoms with van der Waals surface area (Å²) in [5.41, 5.74) is 0. The van der Waals surface area contributed by atoms with Crippen LogP contribution in [0.5, 0.6) is 0 Å². The number of hydrogen-bond donors (Lipinski definition) is 1. The number of carboxylic acid groups (broad SMARTS) is 1. The molecular weight excluding hydrogens is 254 g/mol. The molecule has 0 bridgehead atoms. The zero-order valence-corrected chi connectivity index (χ0v) is 12.6. The van der Waals surface area contributed by atoms with E-state index < -0.39 is 17.8 Å². The third-order valence-electron chi connectivity index (χ3n) is 5.44. The van der Waals surface area contributed by atoms with Gasteiger partial charge in [0.2, 0.25) is 5.91 Å². The van der Waals surface area contributed by atoms with Crippen molar-refractivity contribution in [3.05, 3.63) is 0 Å². The van der Waals surface area contributed by atoms with Crippen molar-refractivity contribution < 1.29 is 14.7 Å². The molecule has 5 atom stereocenters. The summed E-state index contributed by atoms with van der Waals surface area (Å²) in [6, 6.07) is 0.204. The Kier molecular flexibility index (Phi) is 5.06. The van der Waals surface area contributed by atoms with Crippen molar-refractivity contribution in [1.29, 1.82) is 0 Å². The summed E-state index contributed by atoms with van der Waals surface area (Å²) in [7, 11) is 0. The highest BCUT2D eigenvalue weighted by molar-refractivity contribution is 5.84. The number of amides is 1. The van der Waals surface area contributed by atoms with Gasteiger partial charge in [-0.15, -0.1) is 0 Å². The van der Waals surface area contributed by atoms with Gasteiger partial charge >= 0.3 is 0 Å². The van der Waals surface area contributed by atoms with Crippen LogP contribution < -0.4 is 10.4 Å². The Balaban J connectivity index is 1.97. The molecule has 114 valence electrons. The van der Waals surface area contributed by atoms with Crippen molar-refractivity contribution >= 4 is 11.9 Å². The molecule has 2 saturated carbocycles. The molecule has 1 N–H and O–H groups in total. The molecule has 0 spiro atoms. The molecule has 0 radical (unpaired) electrons. The molecule has 1 amide bonds. The number of carbonyl (C=O) groups is 2. The molecule has 4 heteroatoms. The lowest BCUT2D eigenvalue weighted by molar-refractivity contribution is -0.314. The Bertz CT molecular complexity index is 369. The molecule has 0 aromatic heterocycles. The monoisotopic (exact) mass is 280 g/mol. The molecule has 2 rings (SSSR count). The van der Waals surface area contributed by atoms with Gasteiger partial charge < -0.3 is 15.2 Å². The number of carboxylic acids is 1. The van der Waals surface area contributed by atoms with E-state index in [4.69, 9.17) is 0 Å². The average Bonchev–Trinajstić information content (AvgIpc) is 2.43. The quantitative estimate of drug-likeness (QED) is 0.851. The lowest BCUT2D eigenvalue weighted by atomic mass is 9.76. The standard InChI is InChI=1S/C16H27NO3/c1-10-6-5-9-14(11(10)2)17-15(18)12-7-3-4-8-13(12)16(19)20/h10-14H,3-9H2,1-2H3,(H,17,18)(H,19,20)/p-1/t10-,11-,12-,13+,14-/m1/s1. The maximum absolute atomic E-state index is 12.4. The summed E-state index contributed by atoms with van der Waals surface area (Å²) >= 11 is 0. The van der Waals surface area contributed by atoms with Gasteiger partial charge in [0.25, 0.3) is 0 Å². The topological polar surface area (TPSA) is 69.2 Å². The molecule has 2 fully saturated rings. The highest BCUT2D eigenvalue weighted by Crippen LogP contribution is 2.32. The van der Waals surface area contributed by atoms with Crippen LogP contribution in [0.1, 0.15) is 58.8 Å². The van der Waals surface area contributed by atoms with E-state index in [2.05, 4.69) is 19.2 Å². The first-order valence-corrected chi connectivity index (χ1v) is 8.02. The van der Waals surface area contributed by atoms with Crippen molar-refractivity contribution in [3.8, 4) is 0 Å². The van der Waals surface area contributed by atoms with E-state index in [0.29, 0.717) is 24.7 Å². The minimum Gasteiger partial charge on any atom is -0.550 e. The van der Waals surface area contributed by atoms with E-state index >= 15 is 0 Å². The van der Waals surface area contributed by atoms with Crippen molar-refractivity contribution in [1.82, 2.24) is 5.32 Å². The van der Waals surface area contributed by atoms with Crippen LogP contribution in [0.3, 0.4) is 0 Å². The van der Waals surface area contributed by atoms with Gasteiger partial charge in [0.05, 0.1) is 0 Å². The van der Waals surface area contributed by atoms with Crippen LogP contribution >= 0.6 is 0 Å². The van der Waals surface area contributed by atoms with E-state index in [9.17, 15) is 14.7 Å². The molecule has 4 nitrogen and oxygen atoms in total. The van der Waals surface area contributed by atoms with E-state index in [-0.39, 0.29) is 11.9 Å². The molecule has 0 aliphatic heterocycles. The third kappa shape index (κ3) is 3.33. The zero-order chi connectivity index (χ0) is 14.7. The second-order valence-electron chi connectivity index (χ2n) is 6.70. The predicted octanol–water partition coefficient (Wildman–Crippen LogP) is 1.48. The molecule has 2 aliphatic carbocycles. The minimum atomic E-state index is -1.06. The normalized spacial score (nSPS) is 38.2. The zero-order valence-electron chi connectivity index (χ0n) is 12.6. The summed E-state index contributed by atoms with van der Waals surface area (Å²) in [5, 5.41) is 14.3. The van der Waals surface area contributed by atoms with Gasteiger partial charge in [-0.05, 0) is 31.1 Å². The number of nitrogens with one attached hydrogen (secondary N) is 1. The van der Waals surface area contributed by atoms with Crippen molar-refractivity contribution in [3.63, 3.8) is 0 Å². The van der Waals surface area contributed by atoms with Gasteiger partial charge in [0.15, 0.2) is 0 Å². The Labute approximate surface area is 121 Å². The third-order valence-corrected chi connectivity index (χ3v) is 5.44. The fourth-order valence-corrected chi connectivity index (χ4v) is 3.80. The lowest BCUT2D eigenvalue weighted by Crippen LogP contribution is -2.50. The molecular formula is C16H26NO3-. The smallest absolute Gasteiger partial charge is 0.223 e. The van der Waals surface area contributed by atoms with Crippen molar-refractivity contribution in [2.75, 3.05) is 0 Å². The van der Waals surface area contributed by atoms with Crippen LogP contribution in [0.2, 0.25) is 0 Å². The maximum atomic E-state index is 12.4. The molecule has 0 saturated heterocycles. The van der Waals surface area contributed by atoms with Crippen molar-refractivity contribution in [2.24, 2.45) is 23.7 Å². The van der Waals surface area contributed by atoms with E-state index in [1.54, 1.807) is 0 Å². The van der Waals surface area contributed by atoms with E-state index in [0.717, 1.165) is 25.7 Å². The van der Waals surface area contributed by atoms with Crippen molar-refractivity contribution in [2.45, 2.75) is 64.8 Å². The Morgan fingerprint density at radius 3 is 2.25 bits per heavy atom. The molecule has 0 heterocycles. The lowest BCUT2D eigenvalue weighted by Gasteiger charge is -2.37. The van der Waals surface area contributed by atoms with Gasteiger partial charge in [0, 0.05) is 23.8 Å². The fraction of sp³-hybridized carbons (Fsp3) is 0.875. The number of rotatable bonds is 3. The molecule has 0 aromatic carbocycles. The number of aliphatic carboxylic acids is 1. The van der Waals surface area contributed by atoms with Crippen LogP contribution in [0.15, 0.2) is 0 Å². The average molecular weight is 280 g/mol. The summed E-state index contributed by atoms with van der Waals surface area (Å²) in [5.74, 6) is -1.02. The molecule has 0 unspecified atom stereocenters. The van der Waals surface area contributed by atoms with Crippen LogP contribution in [0.25, 0.3) is 0 Å².